The Morgan fingerprint density at radius 1 is 1.24 bits per heavy atom. The number of anilines is 1. The summed E-state index contributed by atoms with van der Waals surface area (Å²) in [4.78, 5) is 14.4. The van der Waals surface area contributed by atoms with E-state index in [1.165, 1.54) is 0 Å². The highest BCUT2D eigenvalue weighted by Crippen LogP contribution is 2.36. The van der Waals surface area contributed by atoms with Gasteiger partial charge in [-0.15, -0.1) is 0 Å². The molecule has 2 fully saturated rings. The predicted molar refractivity (Wildman–Crippen MR) is 83.7 cm³/mol. The number of urea groups is 1. The summed E-state index contributed by atoms with van der Waals surface area (Å²) in [5.74, 6) is 0. The molecular formula is C17H24N2O2. The first-order chi connectivity index (χ1) is 10.1. The number of nitrogens with zero attached hydrogens (tertiary/aromatic N) is 1. The molecule has 2 aliphatic heterocycles. The van der Waals surface area contributed by atoms with Gasteiger partial charge in [0.15, 0.2) is 0 Å². The van der Waals surface area contributed by atoms with Crippen LogP contribution in [0.15, 0.2) is 18.2 Å². The minimum atomic E-state index is 0.0140. The van der Waals surface area contributed by atoms with E-state index in [1.54, 1.807) is 0 Å². The van der Waals surface area contributed by atoms with E-state index in [9.17, 15) is 4.79 Å². The number of rotatable bonds is 1. The average molecular weight is 288 g/mol. The molecule has 2 heterocycles. The van der Waals surface area contributed by atoms with Crippen molar-refractivity contribution in [1.29, 1.82) is 0 Å². The van der Waals surface area contributed by atoms with Crippen molar-refractivity contribution in [2.45, 2.75) is 45.1 Å². The number of nitrogens with one attached hydrogen (secondary N) is 1. The summed E-state index contributed by atoms with van der Waals surface area (Å²) >= 11 is 0. The molecule has 4 nitrogen and oxygen atoms in total. The SMILES string of the molecule is Cc1ccc(C)c(NC(=O)N2CCCC3(CCO3)CC2)c1. The van der Waals surface area contributed by atoms with E-state index >= 15 is 0 Å². The molecule has 0 aliphatic carbocycles. The second-order valence-corrected chi connectivity index (χ2v) is 6.37. The lowest BCUT2D eigenvalue weighted by Gasteiger charge is -2.41. The second-order valence-electron chi connectivity index (χ2n) is 6.37. The Kier molecular flexibility index (Phi) is 3.89. The van der Waals surface area contributed by atoms with E-state index < -0.39 is 0 Å². The number of benzene rings is 1. The van der Waals surface area contributed by atoms with Gasteiger partial charge in [-0.3, -0.25) is 0 Å². The fourth-order valence-corrected chi connectivity index (χ4v) is 3.22. The number of hydrogen-bond donors (Lipinski definition) is 1. The summed E-state index contributed by atoms with van der Waals surface area (Å²) < 4.78 is 5.76. The van der Waals surface area contributed by atoms with Crippen molar-refractivity contribution in [3.8, 4) is 0 Å². The van der Waals surface area contributed by atoms with Gasteiger partial charge in [-0.25, -0.2) is 4.79 Å². The Morgan fingerprint density at radius 3 is 2.76 bits per heavy atom. The summed E-state index contributed by atoms with van der Waals surface area (Å²) in [6, 6.07) is 6.15. The molecule has 1 spiro atoms. The summed E-state index contributed by atoms with van der Waals surface area (Å²) in [5, 5.41) is 3.06. The lowest BCUT2D eigenvalue weighted by Crippen LogP contribution is -2.44. The summed E-state index contributed by atoms with van der Waals surface area (Å²) in [5.41, 5.74) is 3.25. The van der Waals surface area contributed by atoms with Crippen LogP contribution in [0.1, 0.15) is 36.8 Å². The molecule has 4 heteroatoms. The van der Waals surface area contributed by atoms with Gasteiger partial charge in [-0.1, -0.05) is 12.1 Å². The molecule has 1 unspecified atom stereocenters. The largest absolute Gasteiger partial charge is 0.375 e. The van der Waals surface area contributed by atoms with E-state index in [1.807, 2.05) is 30.9 Å². The first kappa shape index (κ1) is 14.4. The number of amides is 2. The highest BCUT2D eigenvalue weighted by Gasteiger charge is 2.40. The third kappa shape index (κ3) is 3.05. The van der Waals surface area contributed by atoms with Crippen molar-refractivity contribution in [3.63, 3.8) is 0 Å². The Bertz CT molecular complexity index is 538. The minimum absolute atomic E-state index is 0.0140. The Balaban J connectivity index is 1.63. The van der Waals surface area contributed by atoms with Crippen molar-refractivity contribution >= 4 is 11.7 Å². The Labute approximate surface area is 126 Å². The van der Waals surface area contributed by atoms with Crippen LogP contribution in [0.2, 0.25) is 0 Å². The number of aryl methyl sites for hydroxylation is 2. The van der Waals surface area contributed by atoms with Gasteiger partial charge in [0, 0.05) is 18.8 Å². The van der Waals surface area contributed by atoms with Gasteiger partial charge in [0.1, 0.15) is 0 Å². The van der Waals surface area contributed by atoms with E-state index in [2.05, 4.69) is 11.4 Å². The summed E-state index contributed by atoms with van der Waals surface area (Å²) in [7, 11) is 0. The van der Waals surface area contributed by atoms with Crippen molar-refractivity contribution < 1.29 is 9.53 Å². The first-order valence-corrected chi connectivity index (χ1v) is 7.85. The number of carbonyl (C=O) groups is 1. The van der Waals surface area contributed by atoms with Gasteiger partial charge in [-0.2, -0.15) is 0 Å². The fourth-order valence-electron chi connectivity index (χ4n) is 3.22. The van der Waals surface area contributed by atoms with Crippen LogP contribution < -0.4 is 5.32 Å². The molecule has 3 rings (SSSR count). The molecular weight excluding hydrogens is 264 g/mol. The molecule has 1 aromatic rings. The monoisotopic (exact) mass is 288 g/mol. The molecule has 21 heavy (non-hydrogen) atoms. The topological polar surface area (TPSA) is 41.6 Å². The van der Waals surface area contributed by atoms with Crippen LogP contribution in [0.5, 0.6) is 0 Å². The predicted octanol–water partition coefficient (Wildman–Crippen LogP) is 3.48. The zero-order chi connectivity index (χ0) is 14.9. The van der Waals surface area contributed by atoms with Crippen LogP contribution in [0.3, 0.4) is 0 Å². The first-order valence-electron chi connectivity index (χ1n) is 7.85. The summed E-state index contributed by atoms with van der Waals surface area (Å²) in [6.07, 6.45) is 4.23. The zero-order valence-electron chi connectivity index (χ0n) is 12.9. The number of hydrogen-bond acceptors (Lipinski definition) is 2. The third-order valence-electron chi connectivity index (χ3n) is 4.79. The van der Waals surface area contributed by atoms with Crippen LogP contribution in [0.25, 0.3) is 0 Å². The highest BCUT2D eigenvalue weighted by molar-refractivity contribution is 5.90. The van der Waals surface area contributed by atoms with Gasteiger partial charge in [0.2, 0.25) is 0 Å². The van der Waals surface area contributed by atoms with Crippen LogP contribution in [0, 0.1) is 13.8 Å². The Hall–Kier alpha value is -1.55. The van der Waals surface area contributed by atoms with Crippen molar-refractivity contribution in [1.82, 2.24) is 4.90 Å². The molecule has 1 N–H and O–H groups in total. The highest BCUT2D eigenvalue weighted by atomic mass is 16.5. The molecule has 0 radical (unpaired) electrons. The maximum absolute atomic E-state index is 12.5. The van der Waals surface area contributed by atoms with Gasteiger partial charge in [0.25, 0.3) is 0 Å². The lowest BCUT2D eigenvalue weighted by atomic mass is 9.87. The molecule has 0 saturated carbocycles. The third-order valence-corrected chi connectivity index (χ3v) is 4.79. The van der Waals surface area contributed by atoms with Crippen molar-refractivity contribution in [2.24, 2.45) is 0 Å². The number of likely N-dealkylation sites (tertiary alicyclic amines) is 1. The maximum Gasteiger partial charge on any atom is 0.321 e. The lowest BCUT2D eigenvalue weighted by molar-refractivity contribution is -0.153. The van der Waals surface area contributed by atoms with E-state index in [0.29, 0.717) is 0 Å². The van der Waals surface area contributed by atoms with E-state index in [4.69, 9.17) is 4.74 Å². The Morgan fingerprint density at radius 2 is 2.05 bits per heavy atom. The van der Waals surface area contributed by atoms with Crippen LogP contribution >= 0.6 is 0 Å². The molecule has 0 aromatic heterocycles. The molecule has 2 amide bonds. The smallest absolute Gasteiger partial charge is 0.321 e. The van der Waals surface area contributed by atoms with E-state index in [-0.39, 0.29) is 11.6 Å². The maximum atomic E-state index is 12.5. The van der Waals surface area contributed by atoms with E-state index in [0.717, 1.165) is 62.2 Å². The van der Waals surface area contributed by atoms with Crippen molar-refractivity contribution in [3.05, 3.63) is 29.3 Å². The number of carbonyl (C=O) groups excluding carboxylic acids is 1. The molecule has 114 valence electrons. The standard InChI is InChI=1S/C17H24N2O2/c1-13-4-5-14(2)15(12-13)18-16(20)19-9-3-6-17(7-10-19)8-11-21-17/h4-5,12H,3,6-11H2,1-2H3,(H,18,20). The van der Waals surface area contributed by atoms with Crippen LogP contribution in [-0.4, -0.2) is 36.2 Å². The van der Waals surface area contributed by atoms with Crippen LogP contribution in [0.4, 0.5) is 10.5 Å². The average Bonchev–Trinajstić information content (AvgIpc) is 2.65. The molecule has 1 aromatic carbocycles. The van der Waals surface area contributed by atoms with Gasteiger partial charge >= 0.3 is 6.03 Å². The van der Waals surface area contributed by atoms with Crippen LogP contribution in [-0.2, 0) is 4.74 Å². The molecule has 1 atom stereocenters. The zero-order valence-corrected chi connectivity index (χ0v) is 12.9. The van der Waals surface area contributed by atoms with Gasteiger partial charge in [0.05, 0.1) is 12.2 Å². The second kappa shape index (κ2) is 5.68. The molecule has 0 bridgehead atoms. The quantitative estimate of drug-likeness (QED) is 0.859. The normalized spacial score (nSPS) is 25.3. The fraction of sp³-hybridized carbons (Fsp3) is 0.588. The van der Waals surface area contributed by atoms with Crippen molar-refractivity contribution in [2.75, 3.05) is 25.0 Å². The van der Waals surface area contributed by atoms with Gasteiger partial charge in [-0.05, 0) is 56.7 Å². The summed E-state index contributed by atoms with van der Waals surface area (Å²) in [6.45, 7) is 6.56. The minimum Gasteiger partial charge on any atom is -0.375 e. The number of ether oxygens (including phenoxy) is 1. The van der Waals surface area contributed by atoms with Gasteiger partial charge < -0.3 is 15.0 Å². The molecule has 2 saturated heterocycles. The molecule has 2 aliphatic rings.